The molecule has 3 N–H and O–H groups in total. The van der Waals surface area contributed by atoms with Crippen LogP contribution in [0.5, 0.6) is 0 Å². The fourth-order valence-corrected chi connectivity index (χ4v) is 2.15. The summed E-state index contributed by atoms with van der Waals surface area (Å²) in [6, 6.07) is 12.1. The lowest BCUT2D eigenvalue weighted by molar-refractivity contribution is 0.102. The predicted octanol–water partition coefficient (Wildman–Crippen LogP) is 2.09. The molecule has 0 aliphatic carbocycles. The number of aromatic nitrogens is 2. The van der Waals surface area contributed by atoms with E-state index in [2.05, 4.69) is 25.3 Å². The van der Waals surface area contributed by atoms with Gasteiger partial charge in [0, 0.05) is 11.3 Å². The van der Waals surface area contributed by atoms with Crippen LogP contribution in [0, 0.1) is 0 Å². The second-order valence-electron chi connectivity index (χ2n) is 4.83. The van der Waals surface area contributed by atoms with Gasteiger partial charge in [0.2, 0.25) is 0 Å². The third-order valence-corrected chi connectivity index (χ3v) is 3.25. The van der Waals surface area contributed by atoms with E-state index in [9.17, 15) is 9.59 Å². The fraction of sp³-hybridized carbons (Fsp3) is 0.0625. The van der Waals surface area contributed by atoms with E-state index in [1.807, 2.05) is 0 Å². The molecular weight excluding hydrogens is 296 g/mol. The van der Waals surface area contributed by atoms with E-state index in [0.29, 0.717) is 22.3 Å². The minimum Gasteiger partial charge on any atom is -0.399 e. The van der Waals surface area contributed by atoms with Gasteiger partial charge in [0.25, 0.3) is 5.91 Å². The van der Waals surface area contributed by atoms with E-state index in [1.165, 1.54) is 7.11 Å². The first-order valence-corrected chi connectivity index (χ1v) is 6.86. The van der Waals surface area contributed by atoms with E-state index in [0.717, 1.165) is 5.56 Å². The van der Waals surface area contributed by atoms with Gasteiger partial charge in [-0.05, 0) is 35.9 Å². The van der Waals surface area contributed by atoms with E-state index in [1.54, 1.807) is 48.7 Å². The molecule has 7 nitrogen and oxygen atoms in total. The smallest absolute Gasteiger partial charge is 0.323 e. The zero-order chi connectivity index (χ0) is 16.2. The van der Waals surface area contributed by atoms with E-state index < -0.39 is 0 Å². The van der Waals surface area contributed by atoms with Crippen LogP contribution in [0.15, 0.2) is 52.4 Å². The molecule has 0 spiro atoms. The number of fused-ring (bicyclic) bond motifs is 1. The molecule has 0 saturated carbocycles. The molecule has 7 heteroatoms. The SMILES string of the molecule is CO/N=C/c1ccc(C(=O)Nc2ccc3[nH]c(=O)[nH]c3c2)cc1. The molecule has 116 valence electrons. The van der Waals surface area contributed by atoms with Gasteiger partial charge in [0.1, 0.15) is 7.11 Å². The molecule has 3 aromatic rings. The van der Waals surface area contributed by atoms with Crippen molar-refractivity contribution in [1.82, 2.24) is 9.97 Å². The average Bonchev–Trinajstić information content (AvgIpc) is 2.92. The van der Waals surface area contributed by atoms with Crippen molar-refractivity contribution >= 4 is 28.8 Å². The Morgan fingerprint density at radius 2 is 1.87 bits per heavy atom. The minimum atomic E-state index is -0.281. The summed E-state index contributed by atoms with van der Waals surface area (Å²) < 4.78 is 0. The van der Waals surface area contributed by atoms with Crippen LogP contribution in [-0.2, 0) is 4.84 Å². The van der Waals surface area contributed by atoms with Crippen molar-refractivity contribution in [1.29, 1.82) is 0 Å². The van der Waals surface area contributed by atoms with E-state index in [4.69, 9.17) is 0 Å². The average molecular weight is 310 g/mol. The molecule has 0 bridgehead atoms. The van der Waals surface area contributed by atoms with Crippen LogP contribution in [-0.4, -0.2) is 29.2 Å². The lowest BCUT2D eigenvalue weighted by Crippen LogP contribution is -2.11. The van der Waals surface area contributed by atoms with Crippen molar-refractivity contribution in [3.63, 3.8) is 0 Å². The first-order chi connectivity index (χ1) is 11.2. The maximum absolute atomic E-state index is 12.2. The Kier molecular flexibility index (Phi) is 3.92. The zero-order valence-electron chi connectivity index (χ0n) is 12.3. The monoisotopic (exact) mass is 310 g/mol. The normalized spacial score (nSPS) is 11.0. The number of nitrogens with zero attached hydrogens (tertiary/aromatic N) is 1. The summed E-state index contributed by atoms with van der Waals surface area (Å²) in [6.45, 7) is 0. The molecule has 0 aliphatic heterocycles. The van der Waals surface area contributed by atoms with Gasteiger partial charge in [-0.2, -0.15) is 0 Å². The van der Waals surface area contributed by atoms with Gasteiger partial charge in [0.15, 0.2) is 0 Å². The molecule has 3 rings (SSSR count). The van der Waals surface area contributed by atoms with Crippen LogP contribution >= 0.6 is 0 Å². The first-order valence-electron chi connectivity index (χ1n) is 6.86. The maximum atomic E-state index is 12.2. The van der Waals surface area contributed by atoms with Crippen LogP contribution in [0.3, 0.4) is 0 Å². The summed E-state index contributed by atoms with van der Waals surface area (Å²) >= 11 is 0. The topological polar surface area (TPSA) is 99.3 Å². The number of benzene rings is 2. The molecule has 1 aromatic heterocycles. The third-order valence-electron chi connectivity index (χ3n) is 3.25. The number of carbonyl (C=O) groups is 1. The highest BCUT2D eigenvalue weighted by molar-refractivity contribution is 6.05. The molecule has 0 saturated heterocycles. The van der Waals surface area contributed by atoms with Crippen LogP contribution in [0.2, 0.25) is 0 Å². The minimum absolute atomic E-state index is 0.238. The quantitative estimate of drug-likeness (QED) is 0.508. The molecule has 2 aromatic carbocycles. The maximum Gasteiger partial charge on any atom is 0.323 e. The van der Waals surface area contributed by atoms with Crippen molar-refractivity contribution in [3.05, 3.63) is 64.1 Å². The predicted molar refractivity (Wildman–Crippen MR) is 87.9 cm³/mol. The molecular formula is C16H14N4O3. The number of carbonyl (C=O) groups excluding carboxylic acids is 1. The van der Waals surface area contributed by atoms with Crippen molar-refractivity contribution in [2.24, 2.45) is 5.16 Å². The van der Waals surface area contributed by atoms with Crippen LogP contribution in [0.25, 0.3) is 11.0 Å². The van der Waals surface area contributed by atoms with Crippen molar-refractivity contribution in [2.75, 3.05) is 12.4 Å². The molecule has 1 heterocycles. The summed E-state index contributed by atoms with van der Waals surface area (Å²) in [4.78, 5) is 33.4. The number of imidazole rings is 1. The Morgan fingerprint density at radius 1 is 1.13 bits per heavy atom. The van der Waals surface area contributed by atoms with Crippen LogP contribution in [0.4, 0.5) is 5.69 Å². The largest absolute Gasteiger partial charge is 0.399 e. The summed E-state index contributed by atoms with van der Waals surface area (Å²) in [6.07, 6.45) is 1.55. The Labute approximate surface area is 131 Å². The number of nitrogens with one attached hydrogen (secondary N) is 3. The molecule has 23 heavy (non-hydrogen) atoms. The van der Waals surface area contributed by atoms with Gasteiger partial charge >= 0.3 is 5.69 Å². The third kappa shape index (κ3) is 3.29. The van der Waals surface area contributed by atoms with E-state index >= 15 is 0 Å². The second kappa shape index (κ2) is 6.18. The van der Waals surface area contributed by atoms with Gasteiger partial charge in [-0.3, -0.25) is 4.79 Å². The number of aromatic amines is 2. The Bertz CT molecular complexity index is 922. The summed E-state index contributed by atoms with van der Waals surface area (Å²) in [5, 5.41) is 6.45. The lowest BCUT2D eigenvalue weighted by atomic mass is 10.1. The highest BCUT2D eigenvalue weighted by Gasteiger charge is 2.07. The zero-order valence-corrected chi connectivity index (χ0v) is 12.3. The van der Waals surface area contributed by atoms with Crippen molar-refractivity contribution in [2.45, 2.75) is 0 Å². The fourth-order valence-electron chi connectivity index (χ4n) is 2.15. The first kappa shape index (κ1) is 14.6. The summed E-state index contributed by atoms with van der Waals surface area (Å²) in [7, 11) is 1.47. The highest BCUT2D eigenvalue weighted by atomic mass is 16.6. The lowest BCUT2D eigenvalue weighted by Gasteiger charge is -2.05. The number of hydrogen-bond donors (Lipinski definition) is 3. The van der Waals surface area contributed by atoms with Gasteiger partial charge in [0.05, 0.1) is 17.2 Å². The van der Waals surface area contributed by atoms with E-state index in [-0.39, 0.29) is 11.6 Å². The van der Waals surface area contributed by atoms with Gasteiger partial charge < -0.3 is 20.1 Å². The van der Waals surface area contributed by atoms with Gasteiger partial charge in [-0.1, -0.05) is 17.3 Å². The number of rotatable bonds is 4. The molecule has 0 atom stereocenters. The molecule has 0 fully saturated rings. The Balaban J connectivity index is 1.76. The molecule has 1 amide bonds. The number of anilines is 1. The van der Waals surface area contributed by atoms with Crippen molar-refractivity contribution < 1.29 is 9.63 Å². The number of hydrogen-bond acceptors (Lipinski definition) is 4. The van der Waals surface area contributed by atoms with Gasteiger partial charge in [-0.25, -0.2) is 4.79 Å². The summed E-state index contributed by atoms with van der Waals surface area (Å²) in [5.41, 5.74) is 2.99. The van der Waals surface area contributed by atoms with Gasteiger partial charge in [-0.15, -0.1) is 0 Å². The van der Waals surface area contributed by atoms with Crippen LogP contribution in [0.1, 0.15) is 15.9 Å². The summed E-state index contributed by atoms with van der Waals surface area (Å²) in [5.74, 6) is -0.238. The standard InChI is InChI=1S/C16H14N4O3/c1-23-17-9-10-2-4-11(5-3-10)15(21)18-12-6-7-13-14(8-12)20-16(22)19-13/h2-9H,1H3,(H,18,21)(H2,19,20,22)/b17-9+. The molecule has 0 radical (unpaired) electrons. The Morgan fingerprint density at radius 3 is 2.61 bits per heavy atom. The Hall–Kier alpha value is -3.35. The number of amides is 1. The van der Waals surface area contributed by atoms with Crippen molar-refractivity contribution in [3.8, 4) is 0 Å². The molecule has 0 aliphatic rings. The number of oxime groups is 1. The highest BCUT2D eigenvalue weighted by Crippen LogP contribution is 2.15. The number of H-pyrrole nitrogens is 2. The van der Waals surface area contributed by atoms with Crippen LogP contribution < -0.4 is 11.0 Å². The molecule has 0 unspecified atom stereocenters. The second-order valence-corrected chi connectivity index (χ2v) is 4.83.